The highest BCUT2D eigenvalue weighted by Crippen LogP contribution is 2.25. The highest BCUT2D eigenvalue weighted by atomic mass is 19.1. The van der Waals surface area contributed by atoms with Crippen molar-refractivity contribution in [1.82, 2.24) is 10.2 Å². The zero-order valence-electron chi connectivity index (χ0n) is 16.1. The van der Waals surface area contributed by atoms with E-state index in [0.717, 1.165) is 29.2 Å². The van der Waals surface area contributed by atoms with Gasteiger partial charge in [0, 0.05) is 38.8 Å². The lowest BCUT2D eigenvalue weighted by Crippen LogP contribution is -2.39. The Morgan fingerprint density at radius 1 is 1.07 bits per heavy atom. The lowest BCUT2D eigenvalue weighted by atomic mass is 10.1. The summed E-state index contributed by atoms with van der Waals surface area (Å²) in [7, 11) is 6.78. The van der Waals surface area contributed by atoms with Crippen LogP contribution in [0.3, 0.4) is 0 Å². The molecule has 146 valence electrons. The second-order valence-corrected chi connectivity index (χ2v) is 5.99. The smallest absolute Gasteiger partial charge is 0.193 e. The van der Waals surface area contributed by atoms with Gasteiger partial charge in [0.05, 0.1) is 14.2 Å². The molecule has 0 aromatic heterocycles. The van der Waals surface area contributed by atoms with Crippen LogP contribution in [0, 0.1) is 11.6 Å². The van der Waals surface area contributed by atoms with E-state index >= 15 is 0 Å². The monoisotopic (exact) mass is 377 g/mol. The van der Waals surface area contributed by atoms with Gasteiger partial charge in [0.1, 0.15) is 23.1 Å². The summed E-state index contributed by atoms with van der Waals surface area (Å²) in [4.78, 5) is 6.17. The lowest BCUT2D eigenvalue weighted by molar-refractivity contribution is 0.382. The molecule has 0 aliphatic rings. The Hall–Kier alpha value is -2.83. The molecular weight excluding hydrogens is 352 g/mol. The van der Waals surface area contributed by atoms with Crippen LogP contribution in [-0.2, 0) is 13.0 Å². The molecule has 0 radical (unpaired) electrons. The number of hydrogen-bond acceptors (Lipinski definition) is 3. The van der Waals surface area contributed by atoms with E-state index in [4.69, 9.17) is 9.47 Å². The first-order valence-corrected chi connectivity index (χ1v) is 8.55. The molecule has 0 aliphatic heterocycles. The maximum Gasteiger partial charge on any atom is 0.193 e. The fourth-order valence-corrected chi connectivity index (χ4v) is 2.74. The van der Waals surface area contributed by atoms with Gasteiger partial charge in [-0.2, -0.15) is 0 Å². The van der Waals surface area contributed by atoms with Crippen molar-refractivity contribution in [2.24, 2.45) is 4.99 Å². The van der Waals surface area contributed by atoms with Crippen molar-refractivity contribution in [3.05, 3.63) is 59.2 Å². The van der Waals surface area contributed by atoms with Crippen LogP contribution >= 0.6 is 0 Å². The number of halogens is 2. The number of aliphatic imine (C=N–C) groups is 1. The summed E-state index contributed by atoms with van der Waals surface area (Å²) in [6.07, 6.45) is 0.350. The minimum Gasteiger partial charge on any atom is -0.497 e. The van der Waals surface area contributed by atoms with Gasteiger partial charge in [-0.15, -0.1) is 0 Å². The Morgan fingerprint density at radius 3 is 2.52 bits per heavy atom. The molecule has 0 bridgehead atoms. The molecule has 2 aromatic carbocycles. The average molecular weight is 377 g/mol. The molecule has 0 aliphatic carbocycles. The normalized spacial score (nSPS) is 11.3. The van der Waals surface area contributed by atoms with Gasteiger partial charge in [0.2, 0.25) is 0 Å². The summed E-state index contributed by atoms with van der Waals surface area (Å²) in [6, 6.07) is 9.10. The Labute approximate surface area is 158 Å². The molecule has 0 fully saturated rings. The van der Waals surface area contributed by atoms with Gasteiger partial charge in [0.15, 0.2) is 5.96 Å². The number of hydrogen-bond donors (Lipinski definition) is 1. The fourth-order valence-electron chi connectivity index (χ4n) is 2.74. The maximum absolute atomic E-state index is 13.7. The molecule has 0 amide bonds. The van der Waals surface area contributed by atoms with E-state index in [0.29, 0.717) is 31.0 Å². The molecule has 2 aromatic rings. The van der Waals surface area contributed by atoms with E-state index < -0.39 is 11.6 Å². The topological polar surface area (TPSA) is 46.1 Å². The van der Waals surface area contributed by atoms with Crippen molar-refractivity contribution < 1.29 is 18.3 Å². The van der Waals surface area contributed by atoms with E-state index in [1.807, 2.05) is 30.1 Å². The molecule has 27 heavy (non-hydrogen) atoms. The summed E-state index contributed by atoms with van der Waals surface area (Å²) in [5, 5.41) is 3.17. The van der Waals surface area contributed by atoms with Crippen LogP contribution < -0.4 is 14.8 Å². The van der Waals surface area contributed by atoms with Gasteiger partial charge in [-0.3, -0.25) is 4.99 Å². The van der Waals surface area contributed by atoms with Crippen LogP contribution in [0.5, 0.6) is 11.5 Å². The molecule has 0 atom stereocenters. The summed E-state index contributed by atoms with van der Waals surface area (Å²) < 4.78 is 37.6. The molecule has 7 heteroatoms. The van der Waals surface area contributed by atoms with Gasteiger partial charge in [0.25, 0.3) is 0 Å². The van der Waals surface area contributed by atoms with Gasteiger partial charge < -0.3 is 19.7 Å². The quantitative estimate of drug-likeness (QED) is 0.594. The van der Waals surface area contributed by atoms with Gasteiger partial charge in [-0.1, -0.05) is 0 Å². The van der Waals surface area contributed by atoms with Crippen molar-refractivity contribution in [3.63, 3.8) is 0 Å². The van der Waals surface area contributed by atoms with Crippen LogP contribution in [0.4, 0.5) is 8.78 Å². The van der Waals surface area contributed by atoms with Crippen molar-refractivity contribution in [3.8, 4) is 11.5 Å². The predicted octanol–water partition coefficient (Wildman–Crippen LogP) is 3.23. The standard InChI is InChI=1S/C20H25F2N3O2/c1-23-20(24-10-9-14-11-16(21)6-8-18(14)22)25(2)13-15-5-7-17(26-3)12-19(15)27-4/h5-8,11-12H,9-10,13H2,1-4H3,(H,23,24). The minimum atomic E-state index is -0.445. The number of ether oxygens (including phenoxy) is 2. The van der Waals surface area contributed by atoms with E-state index in [1.54, 1.807) is 21.3 Å². The average Bonchev–Trinajstić information content (AvgIpc) is 2.68. The van der Waals surface area contributed by atoms with Crippen LogP contribution in [0.2, 0.25) is 0 Å². The van der Waals surface area contributed by atoms with E-state index in [-0.39, 0.29) is 0 Å². The SMILES string of the molecule is CN=C(NCCc1cc(F)ccc1F)N(C)Cc1ccc(OC)cc1OC. The predicted molar refractivity (Wildman–Crippen MR) is 102 cm³/mol. The molecule has 5 nitrogen and oxygen atoms in total. The number of guanidine groups is 1. The second kappa shape index (κ2) is 9.75. The first-order chi connectivity index (χ1) is 13.0. The van der Waals surface area contributed by atoms with E-state index in [9.17, 15) is 8.78 Å². The number of benzene rings is 2. The Balaban J connectivity index is 1.98. The van der Waals surface area contributed by atoms with Crippen molar-refractivity contribution >= 4 is 5.96 Å². The Bertz CT molecular complexity index is 797. The van der Waals surface area contributed by atoms with Gasteiger partial charge in [-0.05, 0) is 42.3 Å². The third kappa shape index (κ3) is 5.57. The molecule has 0 unspecified atom stereocenters. The molecular formula is C20H25F2N3O2. The Morgan fingerprint density at radius 2 is 1.85 bits per heavy atom. The molecule has 0 spiro atoms. The number of nitrogens with zero attached hydrogens (tertiary/aromatic N) is 2. The van der Waals surface area contributed by atoms with Crippen molar-refractivity contribution in [2.75, 3.05) is 34.9 Å². The zero-order chi connectivity index (χ0) is 19.8. The summed E-state index contributed by atoms with van der Waals surface area (Å²) in [6.45, 7) is 0.984. The number of methoxy groups -OCH3 is 2. The lowest BCUT2D eigenvalue weighted by Gasteiger charge is -2.23. The van der Waals surface area contributed by atoms with Crippen molar-refractivity contribution in [2.45, 2.75) is 13.0 Å². The third-order valence-electron chi connectivity index (χ3n) is 4.16. The van der Waals surface area contributed by atoms with Crippen LogP contribution in [-0.4, -0.2) is 45.7 Å². The van der Waals surface area contributed by atoms with Gasteiger partial charge in [-0.25, -0.2) is 8.78 Å². The van der Waals surface area contributed by atoms with Crippen LogP contribution in [0.15, 0.2) is 41.4 Å². The Kier molecular flexibility index (Phi) is 7.40. The number of rotatable bonds is 7. The van der Waals surface area contributed by atoms with Gasteiger partial charge >= 0.3 is 0 Å². The molecule has 0 saturated carbocycles. The minimum absolute atomic E-state index is 0.331. The molecule has 2 rings (SSSR count). The second-order valence-electron chi connectivity index (χ2n) is 5.99. The third-order valence-corrected chi connectivity index (χ3v) is 4.16. The first kappa shape index (κ1) is 20.5. The van der Waals surface area contributed by atoms with Crippen LogP contribution in [0.1, 0.15) is 11.1 Å². The van der Waals surface area contributed by atoms with Crippen molar-refractivity contribution in [1.29, 1.82) is 0 Å². The molecule has 1 N–H and O–H groups in total. The van der Waals surface area contributed by atoms with E-state index in [1.165, 1.54) is 6.07 Å². The fraction of sp³-hybridized carbons (Fsp3) is 0.350. The zero-order valence-corrected chi connectivity index (χ0v) is 16.1. The first-order valence-electron chi connectivity index (χ1n) is 8.55. The summed E-state index contributed by atoms with van der Waals surface area (Å²) in [5.74, 6) is 1.23. The van der Waals surface area contributed by atoms with Crippen LogP contribution in [0.25, 0.3) is 0 Å². The molecule has 0 heterocycles. The highest BCUT2D eigenvalue weighted by Gasteiger charge is 2.12. The van der Waals surface area contributed by atoms with E-state index in [2.05, 4.69) is 10.3 Å². The summed E-state index contributed by atoms with van der Waals surface area (Å²) >= 11 is 0. The molecule has 0 saturated heterocycles. The highest BCUT2D eigenvalue weighted by molar-refractivity contribution is 5.79. The largest absolute Gasteiger partial charge is 0.497 e. The summed E-state index contributed by atoms with van der Waals surface area (Å²) in [5.41, 5.74) is 1.30. The number of nitrogens with one attached hydrogen (secondary N) is 1. The maximum atomic E-state index is 13.7.